The van der Waals surface area contributed by atoms with Gasteiger partial charge < -0.3 is 24.8 Å². The molecule has 0 unspecified atom stereocenters. The van der Waals surface area contributed by atoms with E-state index in [1.807, 2.05) is 0 Å². The fourth-order valence-corrected chi connectivity index (χ4v) is 4.12. The molecule has 4 aliphatic carbocycles. The van der Waals surface area contributed by atoms with E-state index in [-0.39, 0.29) is 35.7 Å². The van der Waals surface area contributed by atoms with Gasteiger partial charge in [-0.3, -0.25) is 24.3 Å². The van der Waals surface area contributed by atoms with Crippen LogP contribution in [-0.2, 0) is 46.7 Å². The minimum atomic E-state index is 0. The van der Waals surface area contributed by atoms with Crippen molar-refractivity contribution >= 4 is 10.9 Å². The first-order chi connectivity index (χ1) is 20.9. The van der Waals surface area contributed by atoms with Gasteiger partial charge in [-0.2, -0.15) is 22.3 Å². The van der Waals surface area contributed by atoms with Gasteiger partial charge in [-0.15, -0.1) is 25.7 Å². The molecule has 0 aromatic carbocycles. The van der Waals surface area contributed by atoms with Crippen LogP contribution >= 0.6 is 0 Å². The van der Waals surface area contributed by atoms with E-state index in [0.29, 0.717) is 0 Å². The second-order valence-electron chi connectivity index (χ2n) is 11.6. The minimum absolute atomic E-state index is 0. The van der Waals surface area contributed by atoms with Crippen LogP contribution in [0, 0.1) is 24.3 Å². The average molecular weight is 854 g/mol. The van der Waals surface area contributed by atoms with E-state index in [1.54, 1.807) is 46.7 Å². The van der Waals surface area contributed by atoms with Gasteiger partial charge in [0, 0.05) is 0 Å². The third-order valence-corrected chi connectivity index (χ3v) is 7.02. The molecule has 0 radical (unpaired) electrons. The number of allylic oxidation sites excluding steroid dienone is 16. The van der Waals surface area contributed by atoms with Crippen molar-refractivity contribution in [1.82, 2.24) is 0 Å². The van der Waals surface area contributed by atoms with Crippen molar-refractivity contribution in [2.45, 2.75) is 159 Å². The molecule has 0 atom stereocenters. The molecule has 0 heterocycles. The Kier molecular flexibility index (Phi) is 41.3. The Morgan fingerprint density at radius 2 is 0.565 bits per heavy atom. The van der Waals surface area contributed by atoms with Crippen molar-refractivity contribution in [2.75, 3.05) is 0 Å². The van der Waals surface area contributed by atoms with Gasteiger partial charge in [0.1, 0.15) is 0 Å². The molecule has 0 spiro atoms. The maximum absolute atomic E-state index is 3.33. The summed E-state index contributed by atoms with van der Waals surface area (Å²) in [5, 5.41) is 0. The van der Waals surface area contributed by atoms with Gasteiger partial charge >= 0.3 is 83.7 Å². The van der Waals surface area contributed by atoms with Crippen molar-refractivity contribution in [3.8, 4) is 0 Å². The summed E-state index contributed by atoms with van der Waals surface area (Å²) < 4.78 is 0. The molecule has 6 heteroatoms. The molecule has 0 aromatic rings. The number of hydrogen-bond donors (Lipinski definition) is 0. The summed E-state index contributed by atoms with van der Waals surface area (Å²) in [6.07, 6.45) is 36.1. The Labute approximate surface area is 331 Å². The molecule has 0 saturated heterocycles. The van der Waals surface area contributed by atoms with Crippen molar-refractivity contribution < 1.29 is 71.5 Å². The summed E-state index contributed by atoms with van der Waals surface area (Å²) in [7, 11) is 0. The molecule has 0 aromatic heterocycles. The topological polar surface area (TPSA) is 0 Å². The molecule has 4 rings (SSSR count). The van der Waals surface area contributed by atoms with E-state index in [2.05, 4.69) is 130 Å². The van der Waals surface area contributed by atoms with Crippen molar-refractivity contribution in [2.24, 2.45) is 0 Å². The van der Waals surface area contributed by atoms with Crippen LogP contribution in [0.25, 0.3) is 0 Å². The van der Waals surface area contributed by atoms with Crippen LogP contribution in [0.3, 0.4) is 0 Å². The Hall–Kier alpha value is 0.700. The van der Waals surface area contributed by atoms with Gasteiger partial charge in [0.2, 0.25) is 0 Å². The van der Waals surface area contributed by atoms with Gasteiger partial charge in [0.05, 0.1) is 0 Å². The number of rotatable bonds is 8. The molecule has 0 fully saturated rings. The molecule has 0 amide bonds. The molecule has 0 aliphatic heterocycles. The quantitative estimate of drug-likeness (QED) is 0.182. The van der Waals surface area contributed by atoms with E-state index >= 15 is 0 Å². The van der Waals surface area contributed by atoms with Crippen LogP contribution in [0.1, 0.15) is 132 Å². The Bertz CT molecular complexity index is 944. The monoisotopic (exact) mass is 850 g/mol. The third-order valence-electron chi connectivity index (χ3n) is 7.02. The smallest absolute Gasteiger partial charge is 1.00 e. The first-order valence-corrected chi connectivity index (χ1v) is 29.5. The number of halogens is 2. The first kappa shape index (κ1) is 53.5. The SMILES string of the molecule is CCC1=[C-]CC(CC)=C1.CCC1=[C-]CC(CC)=C1.CCC1=[C-]CC(CC)=C1.CCC1=[C-]CC(CC)=C1.C[Si](C)=[Zr+2].C[Si](C)=[Zr+2].[Cl-].[Cl-]. The Balaban J connectivity index is -0.000000234. The molecule has 0 nitrogen and oxygen atoms in total. The zero-order valence-corrected chi connectivity index (χ0v) is 40.0. The summed E-state index contributed by atoms with van der Waals surface area (Å²) in [5.74, 6) is 0. The van der Waals surface area contributed by atoms with E-state index in [0.717, 1.165) is 51.4 Å². The molecule has 0 saturated carbocycles. The van der Waals surface area contributed by atoms with E-state index in [9.17, 15) is 0 Å². The molecule has 0 bridgehead atoms. The summed E-state index contributed by atoms with van der Waals surface area (Å²) in [6, 6.07) is 0. The maximum atomic E-state index is 3.33. The fraction of sp³-hybridized carbons (Fsp3) is 0.600. The normalized spacial score (nSPS) is 15.0. The molecular weight excluding hydrogens is 790 g/mol. The van der Waals surface area contributed by atoms with E-state index in [1.165, 1.54) is 70.3 Å². The Morgan fingerprint density at radius 1 is 0.413 bits per heavy atom. The second-order valence-corrected chi connectivity index (χ2v) is 30.3. The van der Waals surface area contributed by atoms with Crippen LogP contribution in [0.4, 0.5) is 0 Å². The average Bonchev–Trinajstić information content (AvgIpc) is 3.83. The van der Waals surface area contributed by atoms with Crippen LogP contribution in [-0.4, -0.2) is 10.9 Å². The first-order valence-electron chi connectivity index (χ1n) is 17.1. The molecule has 0 N–H and O–H groups in total. The van der Waals surface area contributed by atoms with Gasteiger partial charge in [-0.25, -0.2) is 46.6 Å². The van der Waals surface area contributed by atoms with Crippen molar-refractivity contribution in [1.29, 1.82) is 0 Å². The van der Waals surface area contributed by atoms with Gasteiger partial charge in [0.15, 0.2) is 0 Å². The zero-order chi connectivity index (χ0) is 33.9. The van der Waals surface area contributed by atoms with Crippen LogP contribution in [0.15, 0.2) is 68.9 Å². The zero-order valence-electron chi connectivity index (χ0n) is 31.6. The molecule has 46 heavy (non-hydrogen) atoms. The predicted octanol–water partition coefficient (Wildman–Crippen LogP) is 7.04. The second kappa shape index (κ2) is 35.5. The molecular formula is C40H64Cl2Si2Zr2-2. The summed E-state index contributed by atoms with van der Waals surface area (Å²) in [4.78, 5) is 0. The minimum Gasteiger partial charge on any atom is -1.00 e. The van der Waals surface area contributed by atoms with Crippen molar-refractivity contribution in [3.63, 3.8) is 0 Å². The van der Waals surface area contributed by atoms with Gasteiger partial charge in [-0.1, -0.05) is 107 Å². The molecule has 256 valence electrons. The summed E-state index contributed by atoms with van der Waals surface area (Å²) >= 11 is 3.48. The molecule has 4 aliphatic rings. The summed E-state index contributed by atoms with van der Waals surface area (Å²) in [5.41, 5.74) is 12.1. The standard InChI is InChI=1S/4C9H13.2C2H6Si.2ClH.2Zr/c4*1-3-8-5-6-9(4-2)7-8;2*1-3-2;;;;/h4*7H,3-5H2,1-2H3;2*1-2H3;2*1H;;/q4*-1;;;;;2*+2/p-2. The summed E-state index contributed by atoms with van der Waals surface area (Å²) in [6.45, 7) is 26.7. The van der Waals surface area contributed by atoms with Crippen LogP contribution in [0.5, 0.6) is 0 Å². The van der Waals surface area contributed by atoms with E-state index in [4.69, 9.17) is 0 Å². The van der Waals surface area contributed by atoms with Gasteiger partial charge in [0.25, 0.3) is 0 Å². The number of hydrogen-bond acceptors (Lipinski definition) is 0. The predicted molar refractivity (Wildman–Crippen MR) is 195 cm³/mol. The van der Waals surface area contributed by atoms with Gasteiger partial charge in [-0.05, 0) is 0 Å². The largest absolute Gasteiger partial charge is 1.00 e. The van der Waals surface area contributed by atoms with Crippen LogP contribution < -0.4 is 24.8 Å². The van der Waals surface area contributed by atoms with E-state index < -0.39 is 0 Å². The van der Waals surface area contributed by atoms with Crippen molar-refractivity contribution in [3.05, 3.63) is 93.2 Å². The third kappa shape index (κ3) is 30.7. The van der Waals surface area contributed by atoms with Crippen LogP contribution in [0.2, 0.25) is 26.2 Å². The fourth-order valence-electron chi connectivity index (χ4n) is 4.12. The maximum Gasteiger partial charge on any atom is -1.00 e. The Morgan fingerprint density at radius 3 is 0.630 bits per heavy atom.